The Morgan fingerprint density at radius 3 is 2.86 bits per heavy atom. The van der Waals surface area contributed by atoms with Gasteiger partial charge in [0, 0.05) is 22.8 Å². The number of carbonyl (C=O) groups is 2. The second-order valence-electron chi connectivity index (χ2n) is 6.80. The van der Waals surface area contributed by atoms with E-state index < -0.39 is 12.0 Å². The first-order valence-corrected chi connectivity index (χ1v) is 9.76. The van der Waals surface area contributed by atoms with Gasteiger partial charge in [-0.1, -0.05) is 46.3 Å². The molecule has 0 unspecified atom stereocenters. The first-order chi connectivity index (χ1) is 13.6. The third kappa shape index (κ3) is 3.53. The quantitative estimate of drug-likeness (QED) is 0.565. The maximum Gasteiger partial charge on any atom is 0.229 e. The zero-order chi connectivity index (χ0) is 19.7. The molecule has 2 atom stereocenters. The molecule has 0 saturated carbocycles. The fourth-order valence-electron chi connectivity index (χ4n) is 3.48. The third-order valence-electron chi connectivity index (χ3n) is 4.96. The molecule has 1 aliphatic heterocycles. The number of rotatable bonds is 5. The predicted molar refractivity (Wildman–Crippen MR) is 109 cm³/mol. The summed E-state index contributed by atoms with van der Waals surface area (Å²) in [6.45, 7) is 0.0483. The van der Waals surface area contributed by atoms with Crippen LogP contribution in [0, 0.1) is 5.92 Å². The van der Waals surface area contributed by atoms with Crippen molar-refractivity contribution in [3.05, 3.63) is 58.6 Å². The van der Waals surface area contributed by atoms with Gasteiger partial charge in [0.25, 0.3) is 0 Å². The molecule has 0 aliphatic carbocycles. The van der Waals surface area contributed by atoms with Crippen molar-refractivity contribution in [1.29, 1.82) is 0 Å². The van der Waals surface area contributed by atoms with Crippen molar-refractivity contribution in [3.63, 3.8) is 0 Å². The van der Waals surface area contributed by atoms with Crippen molar-refractivity contribution in [2.45, 2.75) is 12.5 Å². The number of hydrogen-bond donors (Lipinski definition) is 3. The lowest BCUT2D eigenvalue weighted by Gasteiger charge is -2.19. The lowest BCUT2D eigenvalue weighted by molar-refractivity contribution is -0.127. The molecule has 1 aromatic heterocycles. The summed E-state index contributed by atoms with van der Waals surface area (Å²) in [7, 11) is 0. The number of H-pyrrole nitrogens is 1. The molecule has 1 aliphatic rings. The zero-order valence-electron chi connectivity index (χ0n) is 14.9. The van der Waals surface area contributed by atoms with Crippen molar-refractivity contribution in [2.75, 3.05) is 18.1 Å². The van der Waals surface area contributed by atoms with Crippen LogP contribution >= 0.6 is 15.9 Å². The highest BCUT2D eigenvalue weighted by Crippen LogP contribution is 2.31. The summed E-state index contributed by atoms with van der Waals surface area (Å²) < 4.78 is 0.913. The SMILES string of the molecule is O=C(N[C@@H](CO)c1ccccc1)[C@H]1CC(=O)N(c2n[nH]c3cc(Br)ccc23)C1. The predicted octanol–water partition coefficient (Wildman–Crippen LogP) is 2.53. The van der Waals surface area contributed by atoms with E-state index >= 15 is 0 Å². The minimum Gasteiger partial charge on any atom is -0.394 e. The number of nitrogens with one attached hydrogen (secondary N) is 2. The number of amides is 2. The van der Waals surface area contributed by atoms with Crippen molar-refractivity contribution in [3.8, 4) is 0 Å². The molecule has 144 valence electrons. The van der Waals surface area contributed by atoms with E-state index in [1.807, 2.05) is 48.5 Å². The summed E-state index contributed by atoms with van der Waals surface area (Å²) in [6, 6.07) is 14.4. The number of halogens is 1. The fraction of sp³-hybridized carbons (Fsp3) is 0.250. The highest BCUT2D eigenvalue weighted by Gasteiger charge is 2.37. The number of fused-ring (bicyclic) bond motifs is 1. The molecule has 0 radical (unpaired) electrons. The molecule has 28 heavy (non-hydrogen) atoms. The normalized spacial score (nSPS) is 17.9. The van der Waals surface area contributed by atoms with Crippen LogP contribution in [-0.4, -0.2) is 40.3 Å². The van der Waals surface area contributed by atoms with Crippen LogP contribution in [0.15, 0.2) is 53.0 Å². The molecule has 0 bridgehead atoms. The van der Waals surface area contributed by atoms with Gasteiger partial charge in [-0.15, -0.1) is 0 Å². The van der Waals surface area contributed by atoms with Crippen molar-refractivity contribution >= 4 is 44.5 Å². The number of aliphatic hydroxyl groups is 1. The first-order valence-electron chi connectivity index (χ1n) is 8.97. The minimum atomic E-state index is -0.499. The molecule has 7 nitrogen and oxygen atoms in total. The van der Waals surface area contributed by atoms with Crippen LogP contribution in [0.5, 0.6) is 0 Å². The Hall–Kier alpha value is -2.71. The topological polar surface area (TPSA) is 98.3 Å². The number of nitrogens with zero attached hydrogens (tertiary/aromatic N) is 2. The van der Waals surface area contributed by atoms with Gasteiger partial charge in [0.05, 0.1) is 24.1 Å². The lowest BCUT2D eigenvalue weighted by Crippen LogP contribution is -2.37. The highest BCUT2D eigenvalue weighted by molar-refractivity contribution is 9.10. The van der Waals surface area contributed by atoms with Crippen molar-refractivity contribution in [2.24, 2.45) is 5.92 Å². The Labute approximate surface area is 169 Å². The first kappa shape index (κ1) is 18.6. The molecule has 2 heterocycles. The molecule has 2 amide bonds. The third-order valence-corrected chi connectivity index (χ3v) is 5.45. The number of carbonyl (C=O) groups excluding carboxylic acids is 2. The summed E-state index contributed by atoms with van der Waals surface area (Å²) in [5.74, 6) is -0.352. The Bertz CT molecular complexity index is 1020. The fourth-order valence-corrected chi connectivity index (χ4v) is 3.84. The number of aromatic amines is 1. The van der Waals surface area contributed by atoms with Gasteiger partial charge < -0.3 is 10.4 Å². The summed E-state index contributed by atoms with van der Waals surface area (Å²) in [4.78, 5) is 26.8. The molecule has 8 heteroatoms. The minimum absolute atomic E-state index is 0.115. The van der Waals surface area contributed by atoms with E-state index in [4.69, 9.17) is 0 Å². The number of benzene rings is 2. The monoisotopic (exact) mass is 442 g/mol. The molecule has 3 aromatic rings. The average Bonchev–Trinajstić information content (AvgIpc) is 3.29. The van der Waals surface area contributed by atoms with Crippen LogP contribution < -0.4 is 10.2 Å². The largest absolute Gasteiger partial charge is 0.394 e. The molecule has 4 rings (SSSR count). The molecule has 3 N–H and O–H groups in total. The number of hydrogen-bond acceptors (Lipinski definition) is 4. The second kappa shape index (κ2) is 7.73. The van der Waals surface area contributed by atoms with Gasteiger partial charge in [-0.25, -0.2) is 0 Å². The molecular formula is C20H19BrN4O3. The molecular weight excluding hydrogens is 424 g/mol. The summed E-state index contributed by atoms with van der Waals surface area (Å²) in [5.41, 5.74) is 1.64. The van der Waals surface area contributed by atoms with Gasteiger partial charge in [0.2, 0.25) is 11.8 Å². The van der Waals surface area contributed by atoms with Crippen molar-refractivity contribution in [1.82, 2.24) is 15.5 Å². The smallest absolute Gasteiger partial charge is 0.229 e. The second-order valence-corrected chi connectivity index (χ2v) is 7.71. The van der Waals surface area contributed by atoms with Gasteiger partial charge in [-0.2, -0.15) is 5.10 Å². The van der Waals surface area contributed by atoms with Crippen LogP contribution in [0.1, 0.15) is 18.0 Å². The van der Waals surface area contributed by atoms with E-state index in [0.29, 0.717) is 5.82 Å². The van der Waals surface area contributed by atoms with Gasteiger partial charge in [-0.05, 0) is 23.8 Å². The van der Waals surface area contributed by atoms with Gasteiger partial charge >= 0.3 is 0 Å². The Morgan fingerprint density at radius 2 is 2.11 bits per heavy atom. The summed E-state index contributed by atoms with van der Waals surface area (Å²) in [6.07, 6.45) is 0.115. The average molecular weight is 443 g/mol. The molecule has 0 spiro atoms. The standard InChI is InChI=1S/C20H19BrN4O3/c21-14-6-7-15-16(9-14)23-24-19(15)25-10-13(8-18(25)27)20(28)22-17(11-26)12-4-2-1-3-5-12/h1-7,9,13,17,26H,8,10-11H2,(H,22,28)(H,23,24)/t13-,17-/m0/s1. The lowest BCUT2D eigenvalue weighted by atomic mass is 10.0. The maximum atomic E-state index is 12.7. The Balaban J connectivity index is 1.50. The van der Waals surface area contributed by atoms with Gasteiger partial charge in [0.15, 0.2) is 5.82 Å². The highest BCUT2D eigenvalue weighted by atomic mass is 79.9. The van der Waals surface area contributed by atoms with Crippen LogP contribution in [0.2, 0.25) is 0 Å². The number of aromatic nitrogens is 2. The Morgan fingerprint density at radius 1 is 1.32 bits per heavy atom. The van der Waals surface area contributed by atoms with E-state index in [2.05, 4.69) is 31.4 Å². The van der Waals surface area contributed by atoms with Crippen LogP contribution in [-0.2, 0) is 9.59 Å². The van der Waals surface area contributed by atoms with Crippen LogP contribution in [0.3, 0.4) is 0 Å². The van der Waals surface area contributed by atoms with E-state index in [1.54, 1.807) is 4.90 Å². The van der Waals surface area contributed by atoms with E-state index in [1.165, 1.54) is 0 Å². The zero-order valence-corrected chi connectivity index (χ0v) is 16.5. The molecule has 2 aromatic carbocycles. The maximum absolute atomic E-state index is 12.7. The molecule has 1 saturated heterocycles. The summed E-state index contributed by atoms with van der Waals surface area (Å²) >= 11 is 3.41. The number of aliphatic hydroxyl groups excluding tert-OH is 1. The van der Waals surface area contributed by atoms with E-state index in [-0.39, 0.29) is 31.4 Å². The van der Waals surface area contributed by atoms with Gasteiger partial charge in [0.1, 0.15) is 0 Å². The van der Waals surface area contributed by atoms with E-state index in [9.17, 15) is 14.7 Å². The van der Waals surface area contributed by atoms with Crippen molar-refractivity contribution < 1.29 is 14.7 Å². The van der Waals surface area contributed by atoms with Crippen LogP contribution in [0.4, 0.5) is 5.82 Å². The van der Waals surface area contributed by atoms with Gasteiger partial charge in [-0.3, -0.25) is 19.6 Å². The van der Waals surface area contributed by atoms with Crippen LogP contribution in [0.25, 0.3) is 10.9 Å². The number of anilines is 1. The summed E-state index contributed by atoms with van der Waals surface area (Å²) in [5, 5.41) is 20.5. The molecule has 1 fully saturated rings. The van der Waals surface area contributed by atoms with E-state index in [0.717, 1.165) is 20.9 Å². The Kier molecular flexibility index (Phi) is 5.15.